The molecule has 3 unspecified atom stereocenters. The van der Waals surface area contributed by atoms with Gasteiger partial charge in [0, 0.05) is 38.4 Å². The molecule has 8 aliphatic rings. The first kappa shape index (κ1) is 33.6. The molecule has 7 aliphatic carbocycles. The fourth-order valence-corrected chi connectivity index (χ4v) is 12.3. The van der Waals surface area contributed by atoms with Gasteiger partial charge in [-0.25, -0.2) is 9.97 Å². The summed E-state index contributed by atoms with van der Waals surface area (Å²) in [6.07, 6.45) is 37.9. The van der Waals surface area contributed by atoms with E-state index in [0.29, 0.717) is 11.2 Å². The zero-order chi connectivity index (χ0) is 37.1. The smallest absolute Gasteiger partial charge is 0.156 e. The monoisotopic (exact) mass is 732 g/mol. The van der Waals surface area contributed by atoms with Crippen molar-refractivity contribution in [2.75, 3.05) is 0 Å². The van der Waals surface area contributed by atoms with E-state index in [0.717, 1.165) is 62.2 Å². The third-order valence-corrected chi connectivity index (χ3v) is 15.2. The van der Waals surface area contributed by atoms with E-state index in [1.807, 2.05) is 0 Å². The Morgan fingerprint density at radius 1 is 0.709 bits per heavy atom. The van der Waals surface area contributed by atoms with Gasteiger partial charge in [0.05, 0.1) is 11.4 Å². The highest BCUT2D eigenvalue weighted by Crippen LogP contribution is 2.58. The van der Waals surface area contributed by atoms with E-state index in [2.05, 4.69) is 155 Å². The molecular formula is C52H48N2S. The Labute approximate surface area is 330 Å². The first-order valence-electron chi connectivity index (χ1n) is 20.6. The first-order chi connectivity index (χ1) is 26.8. The molecule has 0 amide bonds. The quantitative estimate of drug-likeness (QED) is 0.267. The van der Waals surface area contributed by atoms with Gasteiger partial charge in [0.2, 0.25) is 0 Å². The van der Waals surface area contributed by atoms with Gasteiger partial charge < -0.3 is 0 Å². The molecular weight excluding hydrogens is 685 g/mol. The first-order valence-corrected chi connectivity index (χ1v) is 21.5. The zero-order valence-corrected chi connectivity index (χ0v) is 33.3. The molecule has 2 nitrogen and oxygen atoms in total. The van der Waals surface area contributed by atoms with Crippen molar-refractivity contribution in [2.24, 2.45) is 5.92 Å². The largest absolute Gasteiger partial charge is 0.233 e. The highest BCUT2D eigenvalue weighted by Gasteiger charge is 2.44. The van der Waals surface area contributed by atoms with Crippen molar-refractivity contribution >= 4 is 34.1 Å². The lowest BCUT2D eigenvalue weighted by molar-refractivity contribution is 0.648. The average molecular weight is 733 g/mol. The molecule has 2 aromatic carbocycles. The fraction of sp³-hybridized carbons (Fsp3) is 0.308. The molecule has 11 rings (SSSR count). The third kappa shape index (κ3) is 5.15. The minimum absolute atomic E-state index is 0.0342. The molecule has 1 aliphatic heterocycles. The summed E-state index contributed by atoms with van der Waals surface area (Å²) in [4.78, 5) is 12.0. The van der Waals surface area contributed by atoms with Crippen LogP contribution < -0.4 is 0 Å². The van der Waals surface area contributed by atoms with Crippen LogP contribution in [-0.4, -0.2) is 15.2 Å². The predicted octanol–water partition coefficient (Wildman–Crippen LogP) is 13.3. The van der Waals surface area contributed by atoms with Crippen molar-refractivity contribution in [3.8, 4) is 11.1 Å². The molecule has 3 heteroatoms. The third-order valence-electron chi connectivity index (χ3n) is 13.8. The van der Waals surface area contributed by atoms with Gasteiger partial charge in [-0.3, -0.25) is 0 Å². The van der Waals surface area contributed by atoms with Crippen molar-refractivity contribution in [1.29, 1.82) is 0 Å². The number of rotatable bonds is 4. The molecule has 0 saturated heterocycles. The van der Waals surface area contributed by atoms with Crippen molar-refractivity contribution < 1.29 is 0 Å². The van der Waals surface area contributed by atoms with Crippen molar-refractivity contribution in [3.63, 3.8) is 0 Å². The summed E-state index contributed by atoms with van der Waals surface area (Å²) < 4.78 is 0. The summed E-state index contributed by atoms with van der Waals surface area (Å²) in [6.45, 7) is 9.70. The summed E-state index contributed by atoms with van der Waals surface area (Å²) in [5, 5.41) is 0.416. The van der Waals surface area contributed by atoms with Crippen LogP contribution in [0.15, 0.2) is 131 Å². The van der Waals surface area contributed by atoms with Crippen LogP contribution in [0.1, 0.15) is 124 Å². The molecule has 0 fully saturated rings. The van der Waals surface area contributed by atoms with E-state index < -0.39 is 0 Å². The second kappa shape index (κ2) is 12.4. The molecule has 0 bridgehead atoms. The summed E-state index contributed by atoms with van der Waals surface area (Å²) in [5.74, 6) is 1.58. The van der Waals surface area contributed by atoms with E-state index in [9.17, 15) is 0 Å². The minimum atomic E-state index is -0.0342. The van der Waals surface area contributed by atoms with Crippen molar-refractivity contribution in [3.05, 3.63) is 176 Å². The summed E-state index contributed by atoms with van der Waals surface area (Å²) in [7, 11) is 0. The number of aromatic nitrogens is 2. The Morgan fingerprint density at radius 3 is 2.40 bits per heavy atom. The van der Waals surface area contributed by atoms with E-state index in [1.54, 1.807) is 5.57 Å². The minimum Gasteiger partial charge on any atom is -0.233 e. The summed E-state index contributed by atoms with van der Waals surface area (Å²) >= 11 is 2.05. The van der Waals surface area contributed by atoms with Gasteiger partial charge in [0.25, 0.3) is 0 Å². The molecule has 272 valence electrons. The van der Waals surface area contributed by atoms with E-state index in [1.165, 1.54) is 71.7 Å². The average Bonchev–Trinajstić information content (AvgIpc) is 3.79. The van der Waals surface area contributed by atoms with Crippen molar-refractivity contribution in [1.82, 2.24) is 9.97 Å². The summed E-state index contributed by atoms with van der Waals surface area (Å²) in [5.41, 5.74) is 20.8. The Balaban J connectivity index is 0.956. The Bertz CT molecular complexity index is 2550. The molecule has 0 saturated carbocycles. The normalized spacial score (nSPS) is 25.9. The lowest BCUT2D eigenvalue weighted by atomic mass is 9.79. The van der Waals surface area contributed by atoms with Gasteiger partial charge >= 0.3 is 0 Å². The van der Waals surface area contributed by atoms with E-state index >= 15 is 0 Å². The van der Waals surface area contributed by atoms with Gasteiger partial charge in [-0.2, -0.15) is 0 Å². The van der Waals surface area contributed by atoms with Crippen LogP contribution in [0.2, 0.25) is 0 Å². The second-order valence-corrected chi connectivity index (χ2v) is 18.9. The Hall–Kier alpha value is -4.73. The highest BCUT2D eigenvalue weighted by molar-refractivity contribution is 8.04. The second-order valence-electron chi connectivity index (χ2n) is 17.7. The molecule has 2 heterocycles. The SMILES string of the molecule is CC1(C)C2=CCCC=C2c2cc3c(cc21)-c1cc(C2=CC4C5=C(SC4C=C2)C(c2cc(C4C=CC=CC4)nc(C4=CC=CCC4)n2)=CCC5)ccc1C3(C)C. The van der Waals surface area contributed by atoms with Crippen LogP contribution in [0.25, 0.3) is 33.4 Å². The maximum Gasteiger partial charge on any atom is 0.156 e. The molecule has 0 N–H and O–H groups in total. The molecule has 0 spiro atoms. The zero-order valence-electron chi connectivity index (χ0n) is 32.5. The number of thioether (sulfide) groups is 1. The molecule has 3 atom stereocenters. The molecule has 1 aromatic heterocycles. The van der Waals surface area contributed by atoms with Crippen LogP contribution in [0.4, 0.5) is 0 Å². The van der Waals surface area contributed by atoms with Gasteiger partial charge in [-0.05, 0) is 136 Å². The van der Waals surface area contributed by atoms with Crippen LogP contribution in [-0.2, 0) is 10.8 Å². The van der Waals surface area contributed by atoms with Gasteiger partial charge in [0.1, 0.15) is 0 Å². The fourth-order valence-electron chi connectivity index (χ4n) is 10.7. The highest BCUT2D eigenvalue weighted by atomic mass is 32.2. The number of fused-ring (bicyclic) bond motifs is 8. The number of allylic oxidation sites excluding steroid dienone is 18. The molecule has 0 radical (unpaired) electrons. The lowest BCUT2D eigenvalue weighted by Gasteiger charge is -2.24. The Kier molecular flexibility index (Phi) is 7.57. The molecule has 3 aromatic rings. The predicted molar refractivity (Wildman–Crippen MR) is 233 cm³/mol. The van der Waals surface area contributed by atoms with Gasteiger partial charge in [-0.1, -0.05) is 119 Å². The van der Waals surface area contributed by atoms with Gasteiger partial charge in [-0.15, -0.1) is 11.8 Å². The molecule has 55 heavy (non-hydrogen) atoms. The lowest BCUT2D eigenvalue weighted by Crippen LogP contribution is -2.17. The standard InChI is InChI=1S/C52H48N2S/c1-51(2)42-21-12-11-18-35(42)39-28-45-40(29-44(39)51)38-26-33(22-24-43(38)52(45,3)4)34-23-25-48-41(27-34)36-19-13-20-37(49(36)55-48)47-30-46(31-14-7-5-8-15-31)53-50(54-47)32-16-9-6-10-17-32/h5-9,14,16,18,20-31,41,48H,10-13,15,17,19H2,1-4H3. The number of nitrogens with zero attached hydrogens (tertiary/aromatic N) is 2. The van der Waals surface area contributed by atoms with Crippen molar-refractivity contribution in [2.45, 2.75) is 94.6 Å². The van der Waals surface area contributed by atoms with Crippen LogP contribution in [0.3, 0.4) is 0 Å². The number of benzene rings is 2. The number of hydrogen-bond donors (Lipinski definition) is 0. The van der Waals surface area contributed by atoms with E-state index in [-0.39, 0.29) is 16.7 Å². The van der Waals surface area contributed by atoms with Gasteiger partial charge in [0.15, 0.2) is 5.82 Å². The number of hydrogen-bond acceptors (Lipinski definition) is 3. The Morgan fingerprint density at radius 2 is 1.55 bits per heavy atom. The maximum absolute atomic E-state index is 5.32. The van der Waals surface area contributed by atoms with Crippen LogP contribution in [0.5, 0.6) is 0 Å². The van der Waals surface area contributed by atoms with Crippen LogP contribution >= 0.6 is 11.8 Å². The van der Waals surface area contributed by atoms with Crippen LogP contribution in [0, 0.1) is 5.92 Å². The topological polar surface area (TPSA) is 25.8 Å². The summed E-state index contributed by atoms with van der Waals surface area (Å²) in [6, 6.07) is 14.8. The van der Waals surface area contributed by atoms with E-state index in [4.69, 9.17) is 9.97 Å². The maximum atomic E-state index is 5.32.